The monoisotopic (exact) mass is 285 g/mol. The molecular formula is C14H11N3O4. The lowest BCUT2D eigenvalue weighted by Crippen LogP contribution is -2.39. The highest BCUT2D eigenvalue weighted by Crippen LogP contribution is 2.30. The van der Waals surface area contributed by atoms with Crippen LogP contribution in [0.5, 0.6) is 0 Å². The first-order valence-electron chi connectivity index (χ1n) is 6.37. The molecule has 0 spiro atoms. The van der Waals surface area contributed by atoms with Gasteiger partial charge in [-0.1, -0.05) is 0 Å². The Morgan fingerprint density at radius 2 is 2.14 bits per heavy atom. The molecule has 106 valence electrons. The van der Waals surface area contributed by atoms with Crippen LogP contribution in [0.1, 0.15) is 34.7 Å². The number of nitrogens with zero attached hydrogens (tertiary/aromatic N) is 2. The van der Waals surface area contributed by atoms with E-state index in [1.54, 1.807) is 0 Å². The van der Waals surface area contributed by atoms with Gasteiger partial charge >= 0.3 is 5.97 Å². The number of fused-ring (bicyclic) bond motifs is 1. The first kappa shape index (κ1) is 13.2. The van der Waals surface area contributed by atoms with Crippen LogP contribution in [-0.2, 0) is 9.59 Å². The van der Waals surface area contributed by atoms with Gasteiger partial charge in [0.15, 0.2) is 0 Å². The molecule has 0 saturated carbocycles. The van der Waals surface area contributed by atoms with E-state index in [1.165, 1.54) is 24.7 Å². The fraction of sp³-hybridized carbons (Fsp3) is 0.214. The number of carbonyl (C=O) groups excluding carboxylic acids is 2. The van der Waals surface area contributed by atoms with Crippen molar-refractivity contribution >= 4 is 28.7 Å². The van der Waals surface area contributed by atoms with E-state index in [4.69, 9.17) is 0 Å². The lowest BCUT2D eigenvalue weighted by molar-refractivity contribution is -0.134. The first-order chi connectivity index (χ1) is 10.1. The van der Waals surface area contributed by atoms with Crippen LogP contribution in [0.3, 0.4) is 0 Å². The summed E-state index contributed by atoms with van der Waals surface area (Å²) in [6.45, 7) is 0. The van der Waals surface area contributed by atoms with Gasteiger partial charge in [-0.2, -0.15) is 0 Å². The molecule has 1 aromatic heterocycles. The third kappa shape index (κ3) is 2.33. The van der Waals surface area contributed by atoms with Crippen LogP contribution >= 0.6 is 0 Å². The summed E-state index contributed by atoms with van der Waals surface area (Å²) in [6, 6.07) is 2.91. The quantitative estimate of drug-likeness (QED) is 0.792. The number of carboxylic acids is 1. The normalized spacial score (nSPS) is 18.6. The van der Waals surface area contributed by atoms with Crippen LogP contribution in [0.2, 0.25) is 0 Å². The van der Waals surface area contributed by atoms with Gasteiger partial charge < -0.3 is 5.11 Å². The van der Waals surface area contributed by atoms with Gasteiger partial charge in [0, 0.05) is 18.0 Å². The van der Waals surface area contributed by atoms with E-state index in [2.05, 4.69) is 15.3 Å². The number of hydrogen-bond acceptors (Lipinski definition) is 5. The molecule has 2 N–H and O–H groups in total. The fourth-order valence-corrected chi connectivity index (χ4v) is 2.51. The lowest BCUT2D eigenvalue weighted by atomic mass is 9.88. The minimum absolute atomic E-state index is 0.0667. The number of aromatic carboxylic acids is 1. The van der Waals surface area contributed by atoms with Gasteiger partial charge in [-0.3, -0.25) is 14.9 Å². The molecule has 7 heteroatoms. The van der Waals surface area contributed by atoms with E-state index in [9.17, 15) is 19.5 Å². The highest BCUT2D eigenvalue weighted by atomic mass is 16.4. The zero-order chi connectivity index (χ0) is 15.0. The molecular weight excluding hydrogens is 274 g/mol. The van der Waals surface area contributed by atoms with Gasteiger partial charge in [-0.15, -0.1) is 0 Å². The summed E-state index contributed by atoms with van der Waals surface area (Å²) in [7, 11) is 0. The largest absolute Gasteiger partial charge is 0.478 e. The van der Waals surface area contributed by atoms with Gasteiger partial charge in [0.2, 0.25) is 11.8 Å². The van der Waals surface area contributed by atoms with Crippen LogP contribution in [-0.4, -0.2) is 32.9 Å². The molecule has 1 aromatic carbocycles. The number of aromatic nitrogens is 2. The number of hydrogen-bond donors (Lipinski definition) is 2. The second-order valence-corrected chi connectivity index (χ2v) is 4.83. The summed E-state index contributed by atoms with van der Waals surface area (Å²) < 4.78 is 0. The Kier molecular flexibility index (Phi) is 3.09. The van der Waals surface area contributed by atoms with Crippen LogP contribution in [0.15, 0.2) is 24.7 Å². The Hall–Kier alpha value is -2.83. The van der Waals surface area contributed by atoms with Crippen molar-refractivity contribution in [2.45, 2.75) is 18.8 Å². The van der Waals surface area contributed by atoms with E-state index < -0.39 is 17.8 Å². The highest BCUT2D eigenvalue weighted by molar-refractivity contribution is 6.03. The smallest absolute Gasteiger partial charge is 0.335 e. The summed E-state index contributed by atoms with van der Waals surface area (Å²) in [5.41, 5.74) is 1.11. The van der Waals surface area contributed by atoms with Gasteiger partial charge in [0.1, 0.15) is 6.33 Å². The second-order valence-electron chi connectivity index (χ2n) is 4.83. The molecule has 0 bridgehead atoms. The van der Waals surface area contributed by atoms with Crippen LogP contribution in [0.25, 0.3) is 10.9 Å². The Labute approximate surface area is 119 Å². The maximum Gasteiger partial charge on any atom is 0.335 e. The number of carboxylic acid groups (broad SMARTS) is 1. The molecule has 7 nitrogen and oxygen atoms in total. The lowest BCUT2D eigenvalue weighted by Gasteiger charge is -2.22. The van der Waals surface area contributed by atoms with Crippen molar-refractivity contribution in [3.8, 4) is 0 Å². The molecule has 1 atom stereocenters. The van der Waals surface area contributed by atoms with E-state index in [-0.39, 0.29) is 17.9 Å². The van der Waals surface area contributed by atoms with Crippen LogP contribution in [0, 0.1) is 0 Å². The predicted molar refractivity (Wildman–Crippen MR) is 71.6 cm³/mol. The maximum absolute atomic E-state index is 12.0. The number of amides is 2. The fourth-order valence-electron chi connectivity index (χ4n) is 2.51. The predicted octanol–water partition coefficient (Wildman–Crippen LogP) is 0.848. The van der Waals surface area contributed by atoms with E-state index in [0.29, 0.717) is 22.9 Å². The third-order valence-electron chi connectivity index (χ3n) is 3.50. The second kappa shape index (κ2) is 4.93. The zero-order valence-corrected chi connectivity index (χ0v) is 10.9. The molecule has 2 amide bonds. The van der Waals surface area contributed by atoms with E-state index >= 15 is 0 Å². The van der Waals surface area contributed by atoms with Gasteiger partial charge in [0.05, 0.1) is 17.0 Å². The minimum atomic E-state index is -1.09. The Bertz CT molecular complexity index is 772. The molecule has 1 aliphatic heterocycles. The van der Waals surface area contributed by atoms with Crippen molar-refractivity contribution in [3.63, 3.8) is 0 Å². The minimum Gasteiger partial charge on any atom is -0.478 e. The number of benzene rings is 1. The molecule has 21 heavy (non-hydrogen) atoms. The van der Waals surface area contributed by atoms with Crippen molar-refractivity contribution in [2.24, 2.45) is 0 Å². The summed E-state index contributed by atoms with van der Waals surface area (Å²) in [4.78, 5) is 42.5. The third-order valence-corrected chi connectivity index (χ3v) is 3.50. The Morgan fingerprint density at radius 1 is 1.33 bits per heavy atom. The van der Waals surface area contributed by atoms with Gasteiger partial charge in [0.25, 0.3) is 0 Å². The number of rotatable bonds is 2. The standard InChI is InChI=1S/C14H11N3O4/c18-11-2-1-9(13(19)17-11)10-4-7(14(20)21)3-8-5-15-6-16-12(8)10/h3-6,9H,1-2H2,(H,20,21)(H,17,18,19). The SMILES string of the molecule is O=C1CCC(c2cc(C(=O)O)cc3cncnc23)C(=O)N1. The van der Waals surface area contributed by atoms with Crippen molar-refractivity contribution in [3.05, 3.63) is 35.8 Å². The van der Waals surface area contributed by atoms with Crippen LogP contribution in [0.4, 0.5) is 0 Å². The number of nitrogens with one attached hydrogen (secondary N) is 1. The van der Waals surface area contributed by atoms with Gasteiger partial charge in [-0.25, -0.2) is 14.8 Å². The number of carbonyl (C=O) groups is 3. The summed E-state index contributed by atoms with van der Waals surface area (Å²) >= 11 is 0. The molecule has 1 saturated heterocycles. The molecule has 1 aliphatic rings. The Balaban J connectivity index is 2.18. The summed E-state index contributed by atoms with van der Waals surface area (Å²) in [5.74, 6) is -2.41. The average molecular weight is 285 g/mol. The molecule has 3 rings (SSSR count). The molecule has 2 heterocycles. The van der Waals surface area contributed by atoms with Crippen molar-refractivity contribution < 1.29 is 19.5 Å². The maximum atomic E-state index is 12.0. The van der Waals surface area contributed by atoms with Crippen molar-refractivity contribution in [1.29, 1.82) is 0 Å². The Morgan fingerprint density at radius 3 is 2.86 bits per heavy atom. The molecule has 0 aliphatic carbocycles. The first-order valence-corrected chi connectivity index (χ1v) is 6.37. The molecule has 1 fully saturated rings. The van der Waals surface area contributed by atoms with Gasteiger partial charge in [-0.05, 0) is 24.1 Å². The number of imide groups is 1. The van der Waals surface area contributed by atoms with Crippen molar-refractivity contribution in [2.75, 3.05) is 0 Å². The van der Waals surface area contributed by atoms with E-state index in [0.717, 1.165) is 0 Å². The molecule has 2 aromatic rings. The van der Waals surface area contributed by atoms with Crippen molar-refractivity contribution in [1.82, 2.24) is 15.3 Å². The zero-order valence-electron chi connectivity index (χ0n) is 10.9. The topological polar surface area (TPSA) is 109 Å². The number of piperidine rings is 1. The van der Waals surface area contributed by atoms with E-state index in [1.807, 2.05) is 0 Å². The summed E-state index contributed by atoms with van der Waals surface area (Å²) in [5, 5.41) is 12.0. The summed E-state index contributed by atoms with van der Waals surface area (Å²) in [6.07, 6.45) is 3.41. The molecule has 1 unspecified atom stereocenters. The average Bonchev–Trinajstić information content (AvgIpc) is 2.46. The highest BCUT2D eigenvalue weighted by Gasteiger charge is 2.30. The van der Waals surface area contributed by atoms with Crippen LogP contribution < -0.4 is 5.32 Å². The molecule has 0 radical (unpaired) electrons.